The standard InChI is InChI=1S/C12H16ClNO4S/c1-7-4-10(18-6-9(3)12(14)15)5-8(2)11(7)19(13,16)17/h4-5,9H,6H2,1-3H3,(H2,14,15). The Hall–Kier alpha value is -1.27. The second kappa shape index (κ2) is 5.79. The summed E-state index contributed by atoms with van der Waals surface area (Å²) in [4.78, 5) is 11.0. The summed E-state index contributed by atoms with van der Waals surface area (Å²) in [6.45, 7) is 5.06. The largest absolute Gasteiger partial charge is 0.493 e. The van der Waals surface area contributed by atoms with E-state index in [1.54, 1.807) is 32.9 Å². The second-order valence-corrected chi connectivity index (χ2v) is 6.94. The van der Waals surface area contributed by atoms with Crippen LogP contribution in [0.15, 0.2) is 17.0 Å². The van der Waals surface area contributed by atoms with E-state index in [0.717, 1.165) is 0 Å². The van der Waals surface area contributed by atoms with Gasteiger partial charge in [-0.2, -0.15) is 0 Å². The Morgan fingerprint density at radius 1 is 1.37 bits per heavy atom. The SMILES string of the molecule is Cc1cc(OCC(C)C(N)=O)cc(C)c1S(=O)(=O)Cl. The molecule has 0 heterocycles. The minimum absolute atomic E-state index is 0.0875. The van der Waals surface area contributed by atoms with Crippen molar-refractivity contribution < 1.29 is 17.9 Å². The third-order valence-electron chi connectivity index (χ3n) is 2.66. The second-order valence-electron chi connectivity index (χ2n) is 4.44. The number of nitrogens with two attached hydrogens (primary N) is 1. The van der Waals surface area contributed by atoms with Crippen LogP contribution in [0.1, 0.15) is 18.1 Å². The molecular weight excluding hydrogens is 290 g/mol. The van der Waals surface area contributed by atoms with Gasteiger partial charge in [0.1, 0.15) is 5.75 Å². The van der Waals surface area contributed by atoms with Crippen LogP contribution in [0.25, 0.3) is 0 Å². The van der Waals surface area contributed by atoms with E-state index in [1.807, 2.05) is 0 Å². The van der Waals surface area contributed by atoms with Crippen LogP contribution < -0.4 is 10.5 Å². The first-order valence-electron chi connectivity index (χ1n) is 5.61. The van der Waals surface area contributed by atoms with E-state index in [2.05, 4.69) is 0 Å². The van der Waals surface area contributed by atoms with Gasteiger partial charge in [0.25, 0.3) is 9.05 Å². The normalized spacial score (nSPS) is 13.1. The highest BCUT2D eigenvalue weighted by Crippen LogP contribution is 2.28. The first-order chi connectivity index (χ1) is 8.62. The van der Waals surface area contributed by atoms with Gasteiger partial charge in [0, 0.05) is 10.7 Å². The molecule has 7 heteroatoms. The number of amides is 1. The van der Waals surface area contributed by atoms with E-state index in [4.69, 9.17) is 21.2 Å². The molecule has 0 aliphatic rings. The quantitative estimate of drug-likeness (QED) is 0.839. The fraction of sp³-hybridized carbons (Fsp3) is 0.417. The average Bonchev–Trinajstić information content (AvgIpc) is 2.22. The lowest BCUT2D eigenvalue weighted by molar-refractivity contribution is -0.122. The van der Waals surface area contributed by atoms with Crippen molar-refractivity contribution in [3.8, 4) is 5.75 Å². The van der Waals surface area contributed by atoms with Crippen molar-refractivity contribution in [2.45, 2.75) is 25.7 Å². The average molecular weight is 306 g/mol. The van der Waals surface area contributed by atoms with Crippen molar-refractivity contribution in [1.29, 1.82) is 0 Å². The zero-order valence-corrected chi connectivity index (χ0v) is 12.5. The first kappa shape index (κ1) is 15.8. The molecule has 0 fully saturated rings. The smallest absolute Gasteiger partial charge is 0.261 e. The van der Waals surface area contributed by atoms with E-state index >= 15 is 0 Å². The van der Waals surface area contributed by atoms with Crippen molar-refractivity contribution in [3.05, 3.63) is 23.3 Å². The third-order valence-corrected chi connectivity index (χ3v) is 4.26. The van der Waals surface area contributed by atoms with E-state index in [1.165, 1.54) is 0 Å². The number of primary amides is 1. The summed E-state index contributed by atoms with van der Waals surface area (Å²) in [7, 11) is 1.58. The van der Waals surface area contributed by atoms with Gasteiger partial charge in [-0.05, 0) is 37.1 Å². The summed E-state index contributed by atoms with van der Waals surface area (Å²) >= 11 is 0. The minimum Gasteiger partial charge on any atom is -0.493 e. The van der Waals surface area contributed by atoms with Gasteiger partial charge < -0.3 is 10.5 Å². The van der Waals surface area contributed by atoms with E-state index in [-0.39, 0.29) is 11.5 Å². The molecule has 0 aromatic heterocycles. The van der Waals surface area contributed by atoms with Crippen LogP contribution in [0.2, 0.25) is 0 Å². The molecule has 0 aliphatic heterocycles. The lowest BCUT2D eigenvalue weighted by Crippen LogP contribution is -2.25. The molecule has 1 rings (SSSR count). The number of hydrogen-bond donors (Lipinski definition) is 1. The molecule has 19 heavy (non-hydrogen) atoms. The molecule has 1 unspecified atom stereocenters. The van der Waals surface area contributed by atoms with Crippen molar-refractivity contribution in [1.82, 2.24) is 0 Å². The van der Waals surface area contributed by atoms with Gasteiger partial charge in [0.2, 0.25) is 5.91 Å². The molecule has 1 amide bonds. The predicted molar refractivity (Wildman–Crippen MR) is 72.8 cm³/mol. The van der Waals surface area contributed by atoms with Gasteiger partial charge >= 0.3 is 0 Å². The van der Waals surface area contributed by atoms with Gasteiger partial charge in [-0.25, -0.2) is 8.42 Å². The third kappa shape index (κ3) is 4.11. The summed E-state index contributed by atoms with van der Waals surface area (Å²) < 4.78 is 28.2. The Morgan fingerprint density at radius 2 is 1.84 bits per heavy atom. The van der Waals surface area contributed by atoms with Crippen molar-refractivity contribution in [2.24, 2.45) is 11.7 Å². The van der Waals surface area contributed by atoms with Gasteiger partial charge in [-0.3, -0.25) is 4.79 Å². The predicted octanol–water partition coefficient (Wildman–Crippen LogP) is 1.73. The van der Waals surface area contributed by atoms with Crippen LogP contribution in [-0.2, 0) is 13.8 Å². The zero-order chi connectivity index (χ0) is 14.8. The van der Waals surface area contributed by atoms with Gasteiger partial charge in [0.15, 0.2) is 0 Å². The Balaban J connectivity index is 3.00. The maximum absolute atomic E-state index is 11.4. The summed E-state index contributed by atoms with van der Waals surface area (Å²) in [6, 6.07) is 3.13. The van der Waals surface area contributed by atoms with Crippen LogP contribution in [0.5, 0.6) is 5.75 Å². The van der Waals surface area contributed by atoms with E-state index < -0.39 is 20.9 Å². The number of carbonyl (C=O) groups excluding carboxylic acids is 1. The molecule has 2 N–H and O–H groups in total. The fourth-order valence-electron chi connectivity index (χ4n) is 1.68. The fourth-order valence-corrected chi connectivity index (χ4v) is 3.30. The first-order valence-corrected chi connectivity index (χ1v) is 7.92. The Morgan fingerprint density at radius 3 is 2.21 bits per heavy atom. The molecule has 0 saturated carbocycles. The lowest BCUT2D eigenvalue weighted by Gasteiger charge is -2.13. The van der Waals surface area contributed by atoms with Crippen molar-refractivity contribution >= 4 is 25.6 Å². The molecule has 0 radical (unpaired) electrons. The molecule has 0 aliphatic carbocycles. The van der Waals surface area contributed by atoms with Gasteiger partial charge in [-0.15, -0.1) is 0 Å². The highest BCUT2D eigenvalue weighted by atomic mass is 35.7. The lowest BCUT2D eigenvalue weighted by atomic mass is 10.1. The summed E-state index contributed by atoms with van der Waals surface area (Å²) in [5, 5.41) is 0. The maximum atomic E-state index is 11.4. The molecule has 1 aromatic carbocycles. The van der Waals surface area contributed by atoms with E-state index in [9.17, 15) is 13.2 Å². The number of aryl methyl sites for hydroxylation is 2. The number of hydrogen-bond acceptors (Lipinski definition) is 4. The molecule has 0 saturated heterocycles. The van der Waals surface area contributed by atoms with Gasteiger partial charge in [-0.1, -0.05) is 6.92 Å². The summed E-state index contributed by atoms with van der Waals surface area (Å²) in [5.41, 5.74) is 6.12. The summed E-state index contributed by atoms with van der Waals surface area (Å²) in [6.07, 6.45) is 0. The molecule has 0 bridgehead atoms. The van der Waals surface area contributed by atoms with Crippen LogP contribution in [0.4, 0.5) is 0 Å². The number of rotatable bonds is 5. The number of carbonyl (C=O) groups is 1. The van der Waals surface area contributed by atoms with Crippen LogP contribution in [-0.4, -0.2) is 20.9 Å². The molecule has 106 valence electrons. The highest BCUT2D eigenvalue weighted by Gasteiger charge is 2.18. The molecule has 0 spiro atoms. The Kier molecular flexibility index (Phi) is 4.81. The van der Waals surface area contributed by atoms with E-state index in [0.29, 0.717) is 16.9 Å². The molecule has 1 atom stereocenters. The number of benzene rings is 1. The monoisotopic (exact) mass is 305 g/mol. The molecular formula is C12H16ClNO4S. The van der Waals surface area contributed by atoms with Crippen molar-refractivity contribution in [2.75, 3.05) is 6.61 Å². The minimum atomic E-state index is -3.78. The number of ether oxygens (including phenoxy) is 1. The van der Waals surface area contributed by atoms with Crippen LogP contribution in [0.3, 0.4) is 0 Å². The van der Waals surface area contributed by atoms with Crippen molar-refractivity contribution in [3.63, 3.8) is 0 Å². The van der Waals surface area contributed by atoms with Gasteiger partial charge in [0.05, 0.1) is 17.4 Å². The summed E-state index contributed by atoms with van der Waals surface area (Å²) in [5.74, 6) is -0.391. The highest BCUT2D eigenvalue weighted by molar-refractivity contribution is 8.13. The molecule has 5 nitrogen and oxygen atoms in total. The maximum Gasteiger partial charge on any atom is 0.261 e. The topological polar surface area (TPSA) is 86.5 Å². The number of halogens is 1. The van der Waals surface area contributed by atoms with Crippen LogP contribution in [0, 0.1) is 19.8 Å². The Bertz CT molecular complexity index is 575. The zero-order valence-electron chi connectivity index (χ0n) is 10.9. The van der Waals surface area contributed by atoms with Crippen LogP contribution >= 0.6 is 10.7 Å². The molecule has 1 aromatic rings. The Labute approximate surface area is 117 Å².